The minimum absolute atomic E-state index is 0.0269. The number of rotatable bonds is 17. The van der Waals surface area contributed by atoms with Crippen LogP contribution in [0.1, 0.15) is 25.7 Å². The fourth-order valence-electron chi connectivity index (χ4n) is 2.51. The van der Waals surface area contributed by atoms with Crippen LogP contribution >= 0.6 is 23.5 Å². The SMILES string of the molecule is COC(OC)C(O)CSCCC(=O)O.COC(OC)C(O)CSCCC(=O)ON1C(=O)CCC1=O. The summed E-state index contributed by atoms with van der Waals surface area (Å²) in [5.74, 6) is -0.906. The number of carbonyl (C=O) groups excluding carboxylic acids is 3. The van der Waals surface area contributed by atoms with Crippen molar-refractivity contribution in [1.82, 2.24) is 5.06 Å². The Morgan fingerprint density at radius 2 is 1.23 bits per heavy atom. The molecule has 0 aliphatic carbocycles. The van der Waals surface area contributed by atoms with E-state index in [1.807, 2.05) is 0 Å². The van der Waals surface area contributed by atoms with Gasteiger partial charge in [-0.3, -0.25) is 14.4 Å². The second kappa shape index (κ2) is 19.7. The summed E-state index contributed by atoms with van der Waals surface area (Å²) in [5, 5.41) is 28.0. The highest BCUT2D eigenvalue weighted by molar-refractivity contribution is 7.99. The molecule has 0 aromatic rings. The highest BCUT2D eigenvalue weighted by Crippen LogP contribution is 2.14. The Morgan fingerprint density at radius 3 is 1.60 bits per heavy atom. The first-order valence-corrected chi connectivity index (χ1v) is 12.8. The second-order valence-electron chi connectivity index (χ2n) is 6.90. The number of methoxy groups -OCH3 is 4. The van der Waals surface area contributed by atoms with Crippen LogP contribution in [0, 0.1) is 0 Å². The van der Waals surface area contributed by atoms with Crippen molar-refractivity contribution >= 4 is 47.3 Å². The van der Waals surface area contributed by atoms with Gasteiger partial charge in [-0.25, -0.2) is 4.79 Å². The topological polar surface area (TPSA) is 178 Å². The van der Waals surface area contributed by atoms with Gasteiger partial charge in [0.2, 0.25) is 0 Å². The summed E-state index contributed by atoms with van der Waals surface area (Å²) in [4.78, 5) is 48.8. The van der Waals surface area contributed by atoms with Crippen LogP contribution in [0.25, 0.3) is 0 Å². The summed E-state index contributed by atoms with van der Waals surface area (Å²) >= 11 is 2.67. The molecule has 1 saturated heterocycles. The van der Waals surface area contributed by atoms with E-state index >= 15 is 0 Å². The minimum atomic E-state index is -0.831. The van der Waals surface area contributed by atoms with Crippen molar-refractivity contribution in [1.29, 1.82) is 0 Å². The van der Waals surface area contributed by atoms with E-state index in [1.165, 1.54) is 52.0 Å². The summed E-state index contributed by atoms with van der Waals surface area (Å²) in [7, 11) is 5.73. The maximum atomic E-state index is 11.5. The number of thioether (sulfide) groups is 2. The highest BCUT2D eigenvalue weighted by atomic mass is 32.2. The van der Waals surface area contributed by atoms with Gasteiger partial charge >= 0.3 is 11.9 Å². The number of carboxylic acids is 1. The van der Waals surface area contributed by atoms with Crippen molar-refractivity contribution in [2.75, 3.05) is 51.5 Å². The van der Waals surface area contributed by atoms with Gasteiger partial charge in [0.15, 0.2) is 12.6 Å². The van der Waals surface area contributed by atoms with Crippen LogP contribution in [0.2, 0.25) is 0 Å². The van der Waals surface area contributed by atoms with Gasteiger partial charge in [-0.15, -0.1) is 5.06 Å². The first kappa shape index (κ1) is 33.5. The van der Waals surface area contributed by atoms with E-state index in [4.69, 9.17) is 28.9 Å². The number of carboxylic acid groups (broad SMARTS) is 1. The largest absolute Gasteiger partial charge is 0.481 e. The molecule has 0 spiro atoms. The van der Waals surface area contributed by atoms with E-state index in [1.54, 1.807) is 0 Å². The number of hydrogen-bond acceptors (Lipinski definition) is 13. The van der Waals surface area contributed by atoms with Gasteiger partial charge in [-0.05, 0) is 0 Å². The predicted molar refractivity (Wildman–Crippen MR) is 126 cm³/mol. The Labute approximate surface area is 212 Å². The summed E-state index contributed by atoms with van der Waals surface area (Å²) in [6.45, 7) is 0. The van der Waals surface area contributed by atoms with Crippen LogP contribution in [0.3, 0.4) is 0 Å². The number of nitrogens with zero attached hydrogens (tertiary/aromatic N) is 1. The molecule has 1 rings (SSSR count). The van der Waals surface area contributed by atoms with E-state index in [0.717, 1.165) is 0 Å². The third kappa shape index (κ3) is 14.6. The third-order valence-corrected chi connectivity index (χ3v) is 6.38. The number of amides is 2. The first-order valence-electron chi connectivity index (χ1n) is 10.5. The number of carbonyl (C=O) groups is 4. The molecule has 35 heavy (non-hydrogen) atoms. The van der Waals surface area contributed by atoms with Crippen LogP contribution in [-0.2, 0) is 43.0 Å². The van der Waals surface area contributed by atoms with Gasteiger partial charge < -0.3 is 39.1 Å². The predicted octanol–water partition coefficient (Wildman–Crippen LogP) is -0.129. The Kier molecular flexibility index (Phi) is 18.9. The summed E-state index contributed by atoms with van der Waals surface area (Å²) in [6, 6.07) is 0. The fraction of sp³-hybridized carbons (Fsp3) is 0.800. The van der Waals surface area contributed by atoms with E-state index in [-0.39, 0.29) is 25.7 Å². The Bertz CT molecular complexity index is 630. The van der Waals surface area contributed by atoms with Gasteiger partial charge in [0.1, 0.15) is 12.2 Å². The monoisotopic (exact) mass is 545 g/mol. The van der Waals surface area contributed by atoms with Crippen LogP contribution < -0.4 is 0 Å². The molecule has 2 amide bonds. The highest BCUT2D eigenvalue weighted by Gasteiger charge is 2.32. The summed E-state index contributed by atoms with van der Waals surface area (Å²) < 4.78 is 19.5. The van der Waals surface area contributed by atoms with E-state index in [2.05, 4.69) is 0 Å². The van der Waals surface area contributed by atoms with Crippen LogP contribution in [-0.4, -0.2) is 120 Å². The van der Waals surface area contributed by atoms with Crippen molar-refractivity contribution in [3.63, 3.8) is 0 Å². The molecule has 204 valence electrons. The average molecular weight is 546 g/mol. The lowest BCUT2D eigenvalue weighted by atomic mass is 10.4. The third-order valence-electron chi connectivity index (χ3n) is 4.24. The molecule has 2 atom stereocenters. The molecule has 0 aromatic heterocycles. The zero-order valence-corrected chi connectivity index (χ0v) is 21.9. The van der Waals surface area contributed by atoms with E-state index < -0.39 is 48.5 Å². The van der Waals surface area contributed by atoms with Crippen molar-refractivity contribution < 1.29 is 58.3 Å². The normalized spacial score (nSPS) is 15.3. The van der Waals surface area contributed by atoms with Crippen LogP contribution in [0.15, 0.2) is 0 Å². The Morgan fingerprint density at radius 1 is 0.829 bits per heavy atom. The van der Waals surface area contributed by atoms with Crippen molar-refractivity contribution in [2.24, 2.45) is 0 Å². The van der Waals surface area contributed by atoms with Crippen molar-refractivity contribution in [3.8, 4) is 0 Å². The smallest absolute Gasteiger partial charge is 0.334 e. The van der Waals surface area contributed by atoms with Gasteiger partial charge in [0.25, 0.3) is 11.8 Å². The van der Waals surface area contributed by atoms with Crippen molar-refractivity contribution in [3.05, 3.63) is 0 Å². The maximum Gasteiger partial charge on any atom is 0.334 e. The molecule has 1 aliphatic heterocycles. The zero-order chi connectivity index (χ0) is 26.8. The molecule has 0 saturated carbocycles. The maximum absolute atomic E-state index is 11.5. The standard InChI is InChI=1S/C12H19NO7S.C8H16O5S/c1-18-12(19-2)8(14)7-21-6-5-11(17)20-13-9(15)3-4-10(13)16;1-12-8(13-2)6(9)5-14-4-3-7(10)11/h8,12,14H,3-7H2,1-2H3;6,8-9H,3-5H2,1-2H3,(H,10,11). The first-order chi connectivity index (χ1) is 16.6. The Balaban J connectivity index is 0.000000720. The number of aliphatic hydroxyl groups is 2. The van der Waals surface area contributed by atoms with Crippen LogP contribution in [0.4, 0.5) is 0 Å². The second-order valence-corrected chi connectivity index (χ2v) is 9.20. The molecular weight excluding hydrogens is 510 g/mol. The number of hydroxylamine groups is 2. The molecule has 0 aromatic carbocycles. The van der Waals surface area contributed by atoms with Gasteiger partial charge in [0, 0.05) is 64.3 Å². The molecule has 1 heterocycles. The van der Waals surface area contributed by atoms with Crippen LogP contribution in [0.5, 0.6) is 0 Å². The molecule has 1 aliphatic rings. The number of ether oxygens (including phenoxy) is 4. The fourth-order valence-corrected chi connectivity index (χ4v) is 4.27. The number of hydrogen-bond donors (Lipinski definition) is 3. The molecule has 2 unspecified atom stereocenters. The zero-order valence-electron chi connectivity index (χ0n) is 20.2. The molecule has 0 bridgehead atoms. The quantitative estimate of drug-likeness (QED) is 0.125. The van der Waals surface area contributed by atoms with Crippen molar-refractivity contribution in [2.45, 2.75) is 50.5 Å². The minimum Gasteiger partial charge on any atom is -0.481 e. The molecule has 15 heteroatoms. The molecule has 0 radical (unpaired) electrons. The lowest BCUT2D eigenvalue weighted by Gasteiger charge is -2.19. The molecule has 3 N–H and O–H groups in total. The Hall–Kier alpha value is -1.46. The van der Waals surface area contributed by atoms with Gasteiger partial charge in [-0.1, -0.05) is 0 Å². The molecule has 1 fully saturated rings. The van der Waals surface area contributed by atoms with E-state index in [0.29, 0.717) is 28.1 Å². The summed E-state index contributed by atoms with van der Waals surface area (Å²) in [5.41, 5.74) is 0. The average Bonchev–Trinajstić information content (AvgIpc) is 3.13. The van der Waals surface area contributed by atoms with Gasteiger partial charge in [0.05, 0.1) is 12.8 Å². The molecule has 13 nitrogen and oxygen atoms in total. The molecular formula is C20H35NO12S2. The lowest BCUT2D eigenvalue weighted by Crippen LogP contribution is -2.32. The number of aliphatic carboxylic acids is 1. The van der Waals surface area contributed by atoms with Gasteiger partial charge in [-0.2, -0.15) is 23.5 Å². The number of imide groups is 1. The lowest BCUT2D eigenvalue weighted by molar-refractivity contribution is -0.197. The summed E-state index contributed by atoms with van der Waals surface area (Å²) in [6.07, 6.45) is -2.64. The number of aliphatic hydroxyl groups excluding tert-OH is 2. The van der Waals surface area contributed by atoms with E-state index in [9.17, 15) is 29.4 Å².